The average molecular weight is 196 g/mol. The van der Waals surface area contributed by atoms with Gasteiger partial charge in [-0.15, -0.1) is 0 Å². The molecular weight excluding hydrogens is 176 g/mol. The van der Waals surface area contributed by atoms with Crippen LogP contribution in [-0.4, -0.2) is 49.8 Å². The maximum Gasteiger partial charge on any atom is 0.0707 e. The van der Waals surface area contributed by atoms with Crippen molar-refractivity contribution in [3.05, 3.63) is 0 Å². The van der Waals surface area contributed by atoms with E-state index in [2.05, 4.69) is 10.2 Å². The zero-order valence-corrected chi connectivity index (χ0v) is 8.74. The molecule has 0 aromatic carbocycles. The molecule has 3 rings (SSSR count). The van der Waals surface area contributed by atoms with Gasteiger partial charge in [-0.2, -0.15) is 0 Å². The van der Waals surface area contributed by atoms with E-state index in [9.17, 15) is 0 Å². The first kappa shape index (κ1) is 9.13. The lowest BCUT2D eigenvalue weighted by atomic mass is 10.1. The molecule has 0 aromatic heterocycles. The lowest BCUT2D eigenvalue weighted by Gasteiger charge is -2.33. The third kappa shape index (κ3) is 1.81. The Bertz CT molecular complexity index is 191. The van der Waals surface area contributed by atoms with Crippen molar-refractivity contribution in [1.29, 1.82) is 0 Å². The van der Waals surface area contributed by atoms with Gasteiger partial charge in [-0.1, -0.05) is 0 Å². The van der Waals surface area contributed by atoms with Gasteiger partial charge in [0.15, 0.2) is 0 Å². The van der Waals surface area contributed by atoms with Crippen LogP contribution in [0.2, 0.25) is 0 Å². The van der Waals surface area contributed by atoms with E-state index in [4.69, 9.17) is 4.74 Å². The van der Waals surface area contributed by atoms with Gasteiger partial charge in [-0.25, -0.2) is 0 Å². The summed E-state index contributed by atoms with van der Waals surface area (Å²) in [6.45, 7) is 6.12. The summed E-state index contributed by atoms with van der Waals surface area (Å²) in [4.78, 5) is 2.63. The molecule has 14 heavy (non-hydrogen) atoms. The highest BCUT2D eigenvalue weighted by molar-refractivity contribution is 4.86. The van der Waals surface area contributed by atoms with Gasteiger partial charge in [0.1, 0.15) is 0 Å². The second-order valence-corrected chi connectivity index (χ2v) is 5.03. The molecule has 0 radical (unpaired) electrons. The summed E-state index contributed by atoms with van der Waals surface area (Å²) in [6.07, 6.45) is 5.08. The lowest BCUT2D eigenvalue weighted by molar-refractivity contribution is -0.0418. The molecule has 80 valence electrons. The average Bonchev–Trinajstić information content (AvgIpc) is 2.77. The summed E-state index contributed by atoms with van der Waals surface area (Å²) in [5.74, 6) is 0.896. The number of hydrogen-bond donors (Lipinski definition) is 1. The van der Waals surface area contributed by atoms with Crippen LogP contribution in [-0.2, 0) is 4.74 Å². The first-order valence-corrected chi connectivity index (χ1v) is 5.98. The number of ether oxygens (including phenoxy) is 1. The molecule has 3 saturated heterocycles. The molecule has 0 aromatic rings. The topological polar surface area (TPSA) is 24.5 Å². The minimum atomic E-state index is 0.558. The quantitative estimate of drug-likeness (QED) is 0.694. The molecule has 0 saturated carbocycles. The highest BCUT2D eigenvalue weighted by Gasteiger charge is 2.34. The first-order valence-electron chi connectivity index (χ1n) is 5.98. The third-order valence-corrected chi connectivity index (χ3v) is 3.80. The molecule has 1 N–H and O–H groups in total. The standard InChI is InChI=1S/C11H20N2O/c1-2-11-8-13(7-10(1)14-11)6-9-3-4-12-5-9/h9-12H,1-8H2. The number of rotatable bonds is 2. The molecule has 3 nitrogen and oxygen atoms in total. The molecule has 3 heteroatoms. The predicted molar refractivity (Wildman–Crippen MR) is 55.3 cm³/mol. The van der Waals surface area contributed by atoms with Gasteiger partial charge >= 0.3 is 0 Å². The van der Waals surface area contributed by atoms with Gasteiger partial charge in [-0.05, 0) is 38.3 Å². The molecule has 3 unspecified atom stereocenters. The Labute approximate surface area is 85.8 Å². The maximum absolute atomic E-state index is 5.83. The number of likely N-dealkylation sites (tertiary alicyclic amines) is 1. The molecule has 3 fully saturated rings. The SMILES string of the molecule is C1CC(CN2CC3CCC(C2)O3)CN1. The van der Waals surface area contributed by atoms with Crippen molar-refractivity contribution >= 4 is 0 Å². The fourth-order valence-electron chi connectivity index (χ4n) is 3.08. The number of hydrogen-bond acceptors (Lipinski definition) is 3. The Hall–Kier alpha value is -0.120. The smallest absolute Gasteiger partial charge is 0.0707 e. The van der Waals surface area contributed by atoms with Gasteiger partial charge in [-0.3, -0.25) is 4.90 Å². The van der Waals surface area contributed by atoms with Crippen LogP contribution in [0.5, 0.6) is 0 Å². The summed E-state index contributed by atoms with van der Waals surface area (Å²) in [6, 6.07) is 0. The second kappa shape index (κ2) is 3.80. The summed E-state index contributed by atoms with van der Waals surface area (Å²) < 4.78 is 5.83. The summed E-state index contributed by atoms with van der Waals surface area (Å²) in [5.41, 5.74) is 0. The van der Waals surface area contributed by atoms with Crippen LogP contribution >= 0.6 is 0 Å². The van der Waals surface area contributed by atoms with Crippen molar-refractivity contribution in [2.75, 3.05) is 32.7 Å². The van der Waals surface area contributed by atoms with Gasteiger partial charge in [0.05, 0.1) is 12.2 Å². The number of fused-ring (bicyclic) bond motifs is 2. The van der Waals surface area contributed by atoms with Crippen molar-refractivity contribution in [3.8, 4) is 0 Å². The van der Waals surface area contributed by atoms with E-state index in [1.54, 1.807) is 0 Å². The van der Waals surface area contributed by atoms with Crippen LogP contribution in [0.1, 0.15) is 19.3 Å². The molecule has 0 amide bonds. The minimum Gasteiger partial charge on any atom is -0.372 e. The maximum atomic E-state index is 5.83. The van der Waals surface area contributed by atoms with Crippen molar-refractivity contribution in [2.24, 2.45) is 5.92 Å². The Morgan fingerprint density at radius 2 is 1.93 bits per heavy atom. The van der Waals surface area contributed by atoms with Gasteiger partial charge < -0.3 is 10.1 Å². The molecule has 3 atom stereocenters. The Balaban J connectivity index is 1.53. The van der Waals surface area contributed by atoms with Crippen LogP contribution in [0.15, 0.2) is 0 Å². The highest BCUT2D eigenvalue weighted by atomic mass is 16.5. The Morgan fingerprint density at radius 3 is 2.57 bits per heavy atom. The van der Waals surface area contributed by atoms with E-state index in [-0.39, 0.29) is 0 Å². The fourth-order valence-corrected chi connectivity index (χ4v) is 3.08. The second-order valence-electron chi connectivity index (χ2n) is 5.03. The predicted octanol–water partition coefficient (Wildman–Crippen LogP) is 0.459. The van der Waals surface area contributed by atoms with E-state index in [0.29, 0.717) is 12.2 Å². The lowest BCUT2D eigenvalue weighted by Crippen LogP contribution is -2.44. The molecule has 2 bridgehead atoms. The minimum absolute atomic E-state index is 0.558. The normalized spacial score (nSPS) is 43.3. The Morgan fingerprint density at radius 1 is 1.14 bits per heavy atom. The van der Waals surface area contributed by atoms with Crippen LogP contribution in [0.25, 0.3) is 0 Å². The van der Waals surface area contributed by atoms with E-state index >= 15 is 0 Å². The fraction of sp³-hybridized carbons (Fsp3) is 1.00. The van der Waals surface area contributed by atoms with Crippen molar-refractivity contribution < 1.29 is 4.74 Å². The van der Waals surface area contributed by atoms with Crippen LogP contribution in [0, 0.1) is 5.92 Å². The van der Waals surface area contributed by atoms with Crippen LogP contribution in [0.3, 0.4) is 0 Å². The highest BCUT2D eigenvalue weighted by Crippen LogP contribution is 2.27. The van der Waals surface area contributed by atoms with Crippen molar-refractivity contribution in [1.82, 2.24) is 10.2 Å². The zero-order valence-electron chi connectivity index (χ0n) is 8.74. The number of nitrogens with zero attached hydrogens (tertiary/aromatic N) is 1. The van der Waals surface area contributed by atoms with Crippen LogP contribution < -0.4 is 5.32 Å². The monoisotopic (exact) mass is 196 g/mol. The van der Waals surface area contributed by atoms with Crippen LogP contribution in [0.4, 0.5) is 0 Å². The van der Waals surface area contributed by atoms with Gasteiger partial charge in [0, 0.05) is 19.6 Å². The van der Waals surface area contributed by atoms with E-state index < -0.39 is 0 Å². The van der Waals surface area contributed by atoms with Crippen molar-refractivity contribution in [2.45, 2.75) is 31.5 Å². The van der Waals surface area contributed by atoms with E-state index in [1.807, 2.05) is 0 Å². The third-order valence-electron chi connectivity index (χ3n) is 3.80. The number of morpholine rings is 1. The molecule has 3 heterocycles. The summed E-state index contributed by atoms with van der Waals surface area (Å²) in [5, 5.41) is 3.44. The molecule has 0 aliphatic carbocycles. The summed E-state index contributed by atoms with van der Waals surface area (Å²) in [7, 11) is 0. The van der Waals surface area contributed by atoms with Crippen molar-refractivity contribution in [3.63, 3.8) is 0 Å². The summed E-state index contributed by atoms with van der Waals surface area (Å²) >= 11 is 0. The zero-order chi connectivity index (χ0) is 9.38. The van der Waals surface area contributed by atoms with Gasteiger partial charge in [0.2, 0.25) is 0 Å². The number of nitrogens with one attached hydrogen (secondary N) is 1. The van der Waals surface area contributed by atoms with E-state index in [1.165, 1.54) is 52.0 Å². The molecular formula is C11H20N2O. The van der Waals surface area contributed by atoms with Gasteiger partial charge in [0.25, 0.3) is 0 Å². The molecule has 3 aliphatic heterocycles. The molecule has 3 aliphatic rings. The largest absolute Gasteiger partial charge is 0.372 e. The Kier molecular flexibility index (Phi) is 2.48. The first-order chi connectivity index (χ1) is 6.90. The van der Waals surface area contributed by atoms with E-state index in [0.717, 1.165) is 5.92 Å². The molecule has 0 spiro atoms.